The third-order valence-corrected chi connectivity index (χ3v) is 3.69. The third kappa shape index (κ3) is 3.03. The minimum absolute atomic E-state index is 0.190. The number of morpholine rings is 1. The molecule has 1 fully saturated rings. The Bertz CT molecular complexity index is 733. The van der Waals surface area contributed by atoms with E-state index >= 15 is 0 Å². The van der Waals surface area contributed by atoms with Gasteiger partial charge in [0.1, 0.15) is 23.2 Å². The van der Waals surface area contributed by atoms with Gasteiger partial charge < -0.3 is 20.1 Å². The second-order valence-corrected chi connectivity index (χ2v) is 5.07. The Morgan fingerprint density at radius 3 is 2.52 bits per heavy atom. The largest absolute Gasteiger partial charge is 0.497 e. The second-order valence-electron chi connectivity index (χ2n) is 5.07. The highest BCUT2D eigenvalue weighted by atomic mass is 16.5. The summed E-state index contributed by atoms with van der Waals surface area (Å²) in [5.74, 6) is 1.45. The van der Waals surface area contributed by atoms with Crippen molar-refractivity contribution in [2.75, 3.05) is 44.0 Å². The summed E-state index contributed by atoms with van der Waals surface area (Å²) >= 11 is 0. The predicted molar refractivity (Wildman–Crippen MR) is 86.2 cm³/mol. The topological polar surface area (TPSA) is 97.3 Å². The van der Waals surface area contributed by atoms with Crippen LogP contribution in [0.1, 0.15) is 5.56 Å². The molecule has 1 aromatic heterocycles. The molecule has 1 aliphatic heterocycles. The Balaban J connectivity index is 2.05. The van der Waals surface area contributed by atoms with Crippen LogP contribution in [0.15, 0.2) is 24.3 Å². The standard InChI is InChI=1S/C16H17N5O2/c1-22-12-4-2-11(3-5-12)14-13(10-17)15(18)20-16(19-14)21-6-8-23-9-7-21/h2-5H,6-9H2,1H3,(H2,18,19,20). The molecule has 0 bridgehead atoms. The van der Waals surface area contributed by atoms with Crippen LogP contribution in [0.5, 0.6) is 5.75 Å². The Morgan fingerprint density at radius 1 is 1.22 bits per heavy atom. The monoisotopic (exact) mass is 311 g/mol. The number of methoxy groups -OCH3 is 1. The van der Waals surface area contributed by atoms with Gasteiger partial charge in [-0.15, -0.1) is 0 Å². The first-order valence-corrected chi connectivity index (χ1v) is 7.27. The van der Waals surface area contributed by atoms with Gasteiger partial charge in [-0.2, -0.15) is 10.2 Å². The van der Waals surface area contributed by atoms with E-state index in [-0.39, 0.29) is 11.4 Å². The Kier molecular flexibility index (Phi) is 4.26. The molecule has 1 saturated heterocycles. The quantitative estimate of drug-likeness (QED) is 0.916. The van der Waals surface area contributed by atoms with Crippen LogP contribution in [0.25, 0.3) is 11.3 Å². The smallest absolute Gasteiger partial charge is 0.228 e. The van der Waals surface area contributed by atoms with Crippen LogP contribution in [-0.4, -0.2) is 43.4 Å². The molecule has 0 unspecified atom stereocenters. The van der Waals surface area contributed by atoms with E-state index in [4.69, 9.17) is 15.2 Å². The summed E-state index contributed by atoms with van der Waals surface area (Å²) in [6, 6.07) is 9.45. The van der Waals surface area contributed by atoms with E-state index in [2.05, 4.69) is 16.0 Å². The van der Waals surface area contributed by atoms with Crippen molar-refractivity contribution in [2.45, 2.75) is 0 Å². The molecular formula is C16H17N5O2. The first kappa shape index (κ1) is 15.1. The lowest BCUT2D eigenvalue weighted by Gasteiger charge is -2.27. The van der Waals surface area contributed by atoms with Gasteiger partial charge in [-0.3, -0.25) is 0 Å². The van der Waals surface area contributed by atoms with E-state index in [0.717, 1.165) is 11.3 Å². The highest BCUT2D eigenvalue weighted by molar-refractivity contribution is 5.73. The number of anilines is 2. The van der Waals surface area contributed by atoms with Crippen LogP contribution in [0, 0.1) is 11.3 Å². The van der Waals surface area contributed by atoms with Crippen molar-refractivity contribution in [3.63, 3.8) is 0 Å². The number of ether oxygens (including phenoxy) is 2. The van der Waals surface area contributed by atoms with Crippen LogP contribution in [0.4, 0.5) is 11.8 Å². The highest BCUT2D eigenvalue weighted by Crippen LogP contribution is 2.28. The average molecular weight is 311 g/mol. The molecule has 1 aromatic carbocycles. The predicted octanol–water partition coefficient (Wildman–Crippen LogP) is 1.44. The molecule has 1 aliphatic rings. The number of nitrogens with two attached hydrogens (primary N) is 1. The van der Waals surface area contributed by atoms with Crippen LogP contribution >= 0.6 is 0 Å². The number of nitrogens with zero attached hydrogens (tertiary/aromatic N) is 4. The van der Waals surface area contributed by atoms with Gasteiger partial charge >= 0.3 is 0 Å². The molecule has 3 rings (SSSR count). The summed E-state index contributed by atoms with van der Waals surface area (Å²) in [7, 11) is 1.61. The zero-order valence-electron chi connectivity index (χ0n) is 12.8. The number of rotatable bonds is 3. The summed E-state index contributed by atoms with van der Waals surface area (Å²) in [6.45, 7) is 2.66. The summed E-state index contributed by atoms with van der Waals surface area (Å²) in [5.41, 5.74) is 7.59. The highest BCUT2D eigenvalue weighted by Gasteiger charge is 2.19. The molecule has 7 nitrogen and oxygen atoms in total. The molecule has 0 amide bonds. The summed E-state index contributed by atoms with van der Waals surface area (Å²) in [4.78, 5) is 10.9. The van der Waals surface area contributed by atoms with Gasteiger partial charge in [0.05, 0.1) is 26.0 Å². The van der Waals surface area contributed by atoms with Crippen molar-refractivity contribution >= 4 is 11.8 Å². The minimum atomic E-state index is 0.190. The summed E-state index contributed by atoms with van der Waals surface area (Å²) in [6.07, 6.45) is 0. The molecule has 118 valence electrons. The number of benzene rings is 1. The lowest BCUT2D eigenvalue weighted by molar-refractivity contribution is 0.122. The number of hydrogen-bond acceptors (Lipinski definition) is 7. The fourth-order valence-corrected chi connectivity index (χ4v) is 2.44. The van der Waals surface area contributed by atoms with Crippen molar-refractivity contribution in [2.24, 2.45) is 0 Å². The molecule has 0 saturated carbocycles. The molecule has 0 atom stereocenters. The fraction of sp³-hybridized carbons (Fsp3) is 0.312. The van der Waals surface area contributed by atoms with Crippen LogP contribution in [0.2, 0.25) is 0 Å². The minimum Gasteiger partial charge on any atom is -0.497 e. The SMILES string of the molecule is COc1ccc(-c2nc(N3CCOCC3)nc(N)c2C#N)cc1. The van der Waals surface area contributed by atoms with Crippen molar-refractivity contribution in [3.8, 4) is 23.1 Å². The van der Waals surface area contributed by atoms with Gasteiger partial charge in [-0.1, -0.05) is 0 Å². The molecule has 0 aliphatic carbocycles. The number of aromatic nitrogens is 2. The van der Waals surface area contributed by atoms with Gasteiger partial charge in [0.2, 0.25) is 5.95 Å². The molecule has 0 spiro atoms. The van der Waals surface area contributed by atoms with Crippen molar-refractivity contribution in [3.05, 3.63) is 29.8 Å². The Labute approximate surface area is 134 Å². The zero-order chi connectivity index (χ0) is 16.2. The Morgan fingerprint density at radius 2 is 1.91 bits per heavy atom. The van der Waals surface area contributed by atoms with Gasteiger partial charge in [0, 0.05) is 18.7 Å². The van der Waals surface area contributed by atoms with Crippen molar-refractivity contribution in [1.29, 1.82) is 5.26 Å². The number of nitriles is 1. The lowest BCUT2D eigenvalue weighted by atomic mass is 10.1. The van der Waals surface area contributed by atoms with E-state index in [9.17, 15) is 5.26 Å². The molecule has 2 N–H and O–H groups in total. The Hall–Kier alpha value is -2.85. The van der Waals surface area contributed by atoms with E-state index in [1.54, 1.807) is 7.11 Å². The van der Waals surface area contributed by atoms with E-state index in [1.807, 2.05) is 29.2 Å². The maximum atomic E-state index is 9.39. The van der Waals surface area contributed by atoms with Gasteiger partial charge in [0.15, 0.2) is 0 Å². The third-order valence-electron chi connectivity index (χ3n) is 3.69. The van der Waals surface area contributed by atoms with Crippen LogP contribution in [0.3, 0.4) is 0 Å². The van der Waals surface area contributed by atoms with E-state index in [0.29, 0.717) is 37.9 Å². The molecular weight excluding hydrogens is 294 g/mol. The maximum absolute atomic E-state index is 9.39. The molecule has 0 radical (unpaired) electrons. The van der Waals surface area contributed by atoms with Crippen molar-refractivity contribution < 1.29 is 9.47 Å². The summed E-state index contributed by atoms with van der Waals surface area (Å²) in [5, 5.41) is 9.39. The first-order chi connectivity index (χ1) is 11.2. The van der Waals surface area contributed by atoms with Gasteiger partial charge in [-0.05, 0) is 24.3 Å². The zero-order valence-corrected chi connectivity index (χ0v) is 12.8. The van der Waals surface area contributed by atoms with Gasteiger partial charge in [0.25, 0.3) is 0 Å². The number of hydrogen-bond donors (Lipinski definition) is 1. The van der Waals surface area contributed by atoms with Crippen LogP contribution < -0.4 is 15.4 Å². The molecule has 2 aromatic rings. The summed E-state index contributed by atoms with van der Waals surface area (Å²) < 4.78 is 10.5. The molecule has 7 heteroatoms. The normalized spacial score (nSPS) is 14.3. The van der Waals surface area contributed by atoms with Gasteiger partial charge in [-0.25, -0.2) is 4.98 Å². The van der Waals surface area contributed by atoms with E-state index < -0.39 is 0 Å². The molecule has 2 heterocycles. The fourth-order valence-electron chi connectivity index (χ4n) is 2.44. The molecule has 23 heavy (non-hydrogen) atoms. The maximum Gasteiger partial charge on any atom is 0.228 e. The lowest BCUT2D eigenvalue weighted by Crippen LogP contribution is -2.37. The average Bonchev–Trinajstić information content (AvgIpc) is 2.62. The number of nitrogen functional groups attached to an aromatic ring is 1. The van der Waals surface area contributed by atoms with E-state index in [1.165, 1.54) is 0 Å². The van der Waals surface area contributed by atoms with Crippen LogP contribution in [-0.2, 0) is 4.74 Å². The second kappa shape index (κ2) is 6.50. The first-order valence-electron chi connectivity index (χ1n) is 7.27. The van der Waals surface area contributed by atoms with Crippen molar-refractivity contribution in [1.82, 2.24) is 9.97 Å².